The predicted octanol–water partition coefficient (Wildman–Crippen LogP) is 6.34. The van der Waals surface area contributed by atoms with Crippen molar-refractivity contribution in [3.8, 4) is 5.75 Å². The SMILES string of the molecule is O=[N+]([O-])c1ccc(C(Sc2ccccc2)c2c(O)ccc3ccccc23)cc1. The Hall–Kier alpha value is -3.31. The van der Waals surface area contributed by atoms with Gasteiger partial charge in [-0.05, 0) is 34.5 Å². The number of non-ortho nitro benzene ring substituents is 1. The molecule has 1 atom stereocenters. The normalized spacial score (nSPS) is 12.0. The zero-order valence-electron chi connectivity index (χ0n) is 14.9. The number of benzene rings is 4. The summed E-state index contributed by atoms with van der Waals surface area (Å²) in [5, 5.41) is 23.6. The molecule has 0 aliphatic rings. The van der Waals surface area contributed by atoms with Crippen molar-refractivity contribution in [1.82, 2.24) is 0 Å². The van der Waals surface area contributed by atoms with Gasteiger partial charge in [0.05, 0.1) is 10.2 Å². The molecule has 4 aromatic carbocycles. The molecule has 0 saturated heterocycles. The van der Waals surface area contributed by atoms with E-state index in [1.54, 1.807) is 30.0 Å². The number of hydrogen-bond acceptors (Lipinski definition) is 4. The van der Waals surface area contributed by atoms with Gasteiger partial charge in [-0.15, -0.1) is 11.8 Å². The Balaban J connectivity index is 1.88. The van der Waals surface area contributed by atoms with Gasteiger partial charge in [0.15, 0.2) is 0 Å². The highest BCUT2D eigenvalue weighted by Crippen LogP contribution is 2.46. The quantitative estimate of drug-likeness (QED) is 0.247. The van der Waals surface area contributed by atoms with Crippen molar-refractivity contribution in [2.24, 2.45) is 0 Å². The summed E-state index contributed by atoms with van der Waals surface area (Å²) >= 11 is 1.61. The van der Waals surface area contributed by atoms with Crippen LogP contribution in [0, 0.1) is 10.1 Å². The number of rotatable bonds is 5. The summed E-state index contributed by atoms with van der Waals surface area (Å²) < 4.78 is 0. The van der Waals surface area contributed by atoms with Crippen LogP contribution in [0.15, 0.2) is 95.9 Å². The van der Waals surface area contributed by atoms with Crippen LogP contribution in [0.5, 0.6) is 5.75 Å². The number of phenolic OH excluding ortho intramolecular Hbond substituents is 1. The summed E-state index contributed by atoms with van der Waals surface area (Å²) in [4.78, 5) is 11.7. The third-order valence-electron chi connectivity index (χ3n) is 4.61. The molecule has 28 heavy (non-hydrogen) atoms. The van der Waals surface area contributed by atoms with Crippen LogP contribution >= 0.6 is 11.8 Å². The molecule has 1 unspecified atom stereocenters. The fourth-order valence-corrected chi connectivity index (χ4v) is 4.50. The fraction of sp³-hybridized carbons (Fsp3) is 0.0435. The molecular formula is C23H17NO3S. The van der Waals surface area contributed by atoms with Crippen molar-refractivity contribution >= 4 is 28.2 Å². The van der Waals surface area contributed by atoms with Gasteiger partial charge in [0.1, 0.15) is 5.75 Å². The van der Waals surface area contributed by atoms with Gasteiger partial charge in [-0.25, -0.2) is 0 Å². The van der Waals surface area contributed by atoms with Crippen LogP contribution < -0.4 is 0 Å². The van der Waals surface area contributed by atoms with Gasteiger partial charge < -0.3 is 5.11 Å². The Bertz CT molecular complexity index is 1130. The number of phenols is 1. The van der Waals surface area contributed by atoms with Gasteiger partial charge >= 0.3 is 0 Å². The number of thioether (sulfide) groups is 1. The average molecular weight is 387 g/mol. The van der Waals surface area contributed by atoms with E-state index in [0.717, 1.165) is 26.8 Å². The third kappa shape index (κ3) is 3.57. The van der Waals surface area contributed by atoms with E-state index in [0.29, 0.717) is 0 Å². The topological polar surface area (TPSA) is 63.4 Å². The smallest absolute Gasteiger partial charge is 0.269 e. The first-order valence-electron chi connectivity index (χ1n) is 8.80. The summed E-state index contributed by atoms with van der Waals surface area (Å²) in [5.41, 5.74) is 1.75. The van der Waals surface area contributed by atoms with Crippen LogP contribution in [0.4, 0.5) is 5.69 Å². The Morgan fingerprint density at radius 2 is 1.50 bits per heavy atom. The molecule has 0 saturated carbocycles. The first-order valence-corrected chi connectivity index (χ1v) is 9.68. The summed E-state index contributed by atoms with van der Waals surface area (Å²) in [7, 11) is 0. The molecule has 0 aliphatic carbocycles. The average Bonchev–Trinajstić information content (AvgIpc) is 2.73. The molecule has 0 bridgehead atoms. The predicted molar refractivity (Wildman–Crippen MR) is 113 cm³/mol. The number of nitro groups is 1. The molecule has 0 amide bonds. The molecule has 0 heterocycles. The molecule has 4 rings (SSSR count). The minimum absolute atomic E-state index is 0.0503. The molecule has 0 spiro atoms. The first kappa shape index (κ1) is 18.1. The standard InChI is InChI=1S/C23H17NO3S/c25-21-15-12-16-6-4-5-9-20(16)22(21)23(28-19-7-2-1-3-8-19)17-10-13-18(14-11-17)24(26)27/h1-15,23,25H. The number of hydrogen-bond donors (Lipinski definition) is 1. The fourth-order valence-electron chi connectivity index (χ4n) is 3.26. The Morgan fingerprint density at radius 1 is 0.821 bits per heavy atom. The van der Waals surface area contributed by atoms with Gasteiger partial charge in [0.25, 0.3) is 5.69 Å². The van der Waals surface area contributed by atoms with E-state index in [9.17, 15) is 15.2 Å². The number of aromatic hydroxyl groups is 1. The molecule has 0 aliphatic heterocycles. The van der Waals surface area contributed by atoms with Gasteiger partial charge in [-0.1, -0.05) is 60.7 Å². The second kappa shape index (κ2) is 7.74. The van der Waals surface area contributed by atoms with E-state index in [2.05, 4.69) is 0 Å². The molecule has 0 radical (unpaired) electrons. The lowest BCUT2D eigenvalue weighted by Crippen LogP contribution is -2.00. The number of nitro benzene ring substituents is 1. The lowest BCUT2D eigenvalue weighted by molar-refractivity contribution is -0.384. The molecule has 5 heteroatoms. The zero-order valence-corrected chi connectivity index (χ0v) is 15.7. The van der Waals surface area contributed by atoms with Crippen molar-refractivity contribution in [2.75, 3.05) is 0 Å². The number of fused-ring (bicyclic) bond motifs is 1. The highest BCUT2D eigenvalue weighted by molar-refractivity contribution is 7.99. The van der Waals surface area contributed by atoms with Crippen molar-refractivity contribution in [3.63, 3.8) is 0 Å². The van der Waals surface area contributed by atoms with Crippen LogP contribution in [0.1, 0.15) is 16.4 Å². The molecule has 0 fully saturated rings. The Labute approximate surface area is 166 Å². The minimum Gasteiger partial charge on any atom is -0.508 e. The van der Waals surface area contributed by atoms with E-state index in [1.807, 2.05) is 60.7 Å². The minimum atomic E-state index is -0.404. The van der Waals surface area contributed by atoms with Crippen LogP contribution in [0.3, 0.4) is 0 Å². The van der Waals surface area contributed by atoms with Crippen molar-refractivity contribution in [3.05, 3.63) is 112 Å². The van der Waals surface area contributed by atoms with Gasteiger partial charge in [-0.2, -0.15) is 0 Å². The van der Waals surface area contributed by atoms with Crippen LogP contribution in [0.2, 0.25) is 0 Å². The molecular weight excluding hydrogens is 370 g/mol. The van der Waals surface area contributed by atoms with Crippen molar-refractivity contribution in [1.29, 1.82) is 0 Å². The monoisotopic (exact) mass is 387 g/mol. The van der Waals surface area contributed by atoms with Crippen LogP contribution in [-0.4, -0.2) is 10.0 Å². The van der Waals surface area contributed by atoms with Gasteiger partial charge in [0.2, 0.25) is 0 Å². The van der Waals surface area contributed by atoms with Gasteiger partial charge in [-0.3, -0.25) is 10.1 Å². The van der Waals surface area contributed by atoms with E-state index in [4.69, 9.17) is 0 Å². The molecule has 138 valence electrons. The van der Waals surface area contributed by atoms with Crippen LogP contribution in [0.25, 0.3) is 10.8 Å². The van der Waals surface area contributed by atoms with E-state index in [-0.39, 0.29) is 16.7 Å². The highest BCUT2D eigenvalue weighted by Gasteiger charge is 2.22. The lowest BCUT2D eigenvalue weighted by atomic mass is 9.97. The molecule has 0 aromatic heterocycles. The van der Waals surface area contributed by atoms with Gasteiger partial charge in [0, 0.05) is 22.6 Å². The summed E-state index contributed by atoms with van der Waals surface area (Å²) in [6.45, 7) is 0. The molecule has 4 nitrogen and oxygen atoms in total. The zero-order chi connectivity index (χ0) is 19.5. The van der Waals surface area contributed by atoms with Crippen molar-refractivity contribution < 1.29 is 10.0 Å². The largest absolute Gasteiger partial charge is 0.508 e. The molecule has 4 aromatic rings. The summed E-state index contributed by atoms with van der Waals surface area (Å²) in [6, 6.07) is 28.0. The van der Waals surface area contributed by atoms with E-state index >= 15 is 0 Å². The van der Waals surface area contributed by atoms with E-state index in [1.165, 1.54) is 12.1 Å². The second-order valence-electron chi connectivity index (χ2n) is 6.38. The lowest BCUT2D eigenvalue weighted by Gasteiger charge is -2.21. The maximum Gasteiger partial charge on any atom is 0.269 e. The van der Waals surface area contributed by atoms with E-state index < -0.39 is 4.92 Å². The third-order valence-corrected chi connectivity index (χ3v) is 5.90. The maximum absolute atomic E-state index is 11.0. The number of nitrogens with zero attached hydrogens (tertiary/aromatic N) is 1. The van der Waals surface area contributed by atoms with Crippen LogP contribution in [-0.2, 0) is 0 Å². The Kier molecular flexibility index (Phi) is 5.00. The maximum atomic E-state index is 11.0. The molecule has 1 N–H and O–H groups in total. The first-order chi connectivity index (χ1) is 13.6. The highest BCUT2D eigenvalue weighted by atomic mass is 32.2. The summed E-state index contributed by atoms with van der Waals surface area (Å²) in [5.74, 6) is 0.213. The van der Waals surface area contributed by atoms with Crippen molar-refractivity contribution in [2.45, 2.75) is 10.1 Å². The second-order valence-corrected chi connectivity index (χ2v) is 7.56. The Morgan fingerprint density at radius 3 is 2.21 bits per heavy atom. The summed E-state index contributed by atoms with van der Waals surface area (Å²) in [6.07, 6.45) is 0.